The number of carbonyl (C=O) groups is 2. The highest BCUT2D eigenvalue weighted by Gasteiger charge is 2.30. The Balaban J connectivity index is 1.69. The Hall–Kier alpha value is -2.45. The van der Waals surface area contributed by atoms with Crippen molar-refractivity contribution in [2.75, 3.05) is 5.32 Å². The van der Waals surface area contributed by atoms with E-state index >= 15 is 0 Å². The third-order valence-electron chi connectivity index (χ3n) is 4.30. The minimum Gasteiger partial charge on any atom is -0.348 e. The highest BCUT2D eigenvalue weighted by atomic mass is 35.5. The number of thiazole rings is 1. The predicted molar refractivity (Wildman–Crippen MR) is 110 cm³/mol. The summed E-state index contributed by atoms with van der Waals surface area (Å²) in [4.78, 5) is 29.7. The molecule has 1 aliphatic rings. The number of hydrogen-bond donors (Lipinski definition) is 2. The van der Waals surface area contributed by atoms with Crippen LogP contribution in [0.3, 0.4) is 0 Å². The highest BCUT2D eigenvalue weighted by Crippen LogP contribution is 2.33. The lowest BCUT2D eigenvalue weighted by Gasteiger charge is -2.19. The number of nitrogens with one attached hydrogen (secondary N) is 2. The predicted octanol–water partition coefficient (Wildman–Crippen LogP) is 4.05. The van der Waals surface area contributed by atoms with Gasteiger partial charge in [-0.2, -0.15) is 10.1 Å². The van der Waals surface area contributed by atoms with Crippen LogP contribution < -0.4 is 10.6 Å². The van der Waals surface area contributed by atoms with Crippen molar-refractivity contribution in [2.45, 2.75) is 45.2 Å². The van der Waals surface area contributed by atoms with Gasteiger partial charge in [0.2, 0.25) is 0 Å². The van der Waals surface area contributed by atoms with E-state index in [1.807, 2.05) is 20.8 Å². The minimum atomic E-state index is -0.362. The Morgan fingerprint density at radius 3 is 2.64 bits per heavy atom. The van der Waals surface area contributed by atoms with Crippen LogP contribution in [-0.4, -0.2) is 32.6 Å². The molecular formula is C19H20ClN5O2S. The van der Waals surface area contributed by atoms with Gasteiger partial charge in [-0.1, -0.05) is 29.0 Å². The second-order valence-electron chi connectivity index (χ2n) is 7.82. The first-order valence-electron chi connectivity index (χ1n) is 9.00. The molecule has 2 aromatic heterocycles. The lowest BCUT2D eigenvalue weighted by molar-refractivity contribution is 0.0945. The van der Waals surface area contributed by atoms with E-state index in [0.29, 0.717) is 31.8 Å². The molecule has 1 fully saturated rings. The fraction of sp³-hybridized carbons (Fsp3) is 0.368. The van der Waals surface area contributed by atoms with E-state index < -0.39 is 0 Å². The Labute approximate surface area is 171 Å². The van der Waals surface area contributed by atoms with Crippen LogP contribution in [0.25, 0.3) is 10.3 Å². The van der Waals surface area contributed by atoms with E-state index in [0.717, 1.165) is 12.8 Å². The molecule has 1 saturated carbocycles. The average molecular weight is 418 g/mol. The van der Waals surface area contributed by atoms with Crippen LogP contribution in [-0.2, 0) is 5.54 Å². The van der Waals surface area contributed by atoms with Crippen LogP contribution in [0.1, 0.15) is 54.5 Å². The fourth-order valence-corrected chi connectivity index (χ4v) is 3.87. The van der Waals surface area contributed by atoms with Crippen molar-refractivity contribution in [2.24, 2.45) is 0 Å². The normalized spacial score (nSPS) is 14.3. The van der Waals surface area contributed by atoms with E-state index in [1.165, 1.54) is 11.3 Å². The van der Waals surface area contributed by atoms with Crippen molar-refractivity contribution >= 4 is 50.2 Å². The van der Waals surface area contributed by atoms with Gasteiger partial charge in [-0.05, 0) is 51.8 Å². The molecule has 0 spiro atoms. The summed E-state index contributed by atoms with van der Waals surface area (Å²) >= 11 is 7.21. The van der Waals surface area contributed by atoms with Crippen molar-refractivity contribution in [3.8, 4) is 0 Å². The number of rotatable bonds is 4. The summed E-state index contributed by atoms with van der Waals surface area (Å²) in [5.74, 6) is -0.509. The van der Waals surface area contributed by atoms with Gasteiger partial charge in [0, 0.05) is 16.6 Å². The second-order valence-corrected chi connectivity index (χ2v) is 9.25. The van der Waals surface area contributed by atoms with E-state index in [9.17, 15) is 9.59 Å². The first kappa shape index (κ1) is 18.9. The zero-order valence-electron chi connectivity index (χ0n) is 15.7. The summed E-state index contributed by atoms with van der Waals surface area (Å²) < 4.78 is 2.39. The summed E-state index contributed by atoms with van der Waals surface area (Å²) in [5.41, 5.74) is 1.01. The molecule has 0 atom stereocenters. The van der Waals surface area contributed by atoms with Gasteiger partial charge in [0.15, 0.2) is 16.5 Å². The first-order chi connectivity index (χ1) is 13.2. The minimum absolute atomic E-state index is 0.202. The topological polar surface area (TPSA) is 88.9 Å². The summed E-state index contributed by atoms with van der Waals surface area (Å²) in [6.45, 7) is 5.97. The van der Waals surface area contributed by atoms with E-state index in [-0.39, 0.29) is 23.4 Å². The molecule has 2 N–H and O–H groups in total. The Morgan fingerprint density at radius 1 is 1.25 bits per heavy atom. The number of benzene rings is 1. The van der Waals surface area contributed by atoms with Gasteiger partial charge in [0.05, 0.1) is 5.54 Å². The van der Waals surface area contributed by atoms with Crippen LogP contribution in [0, 0.1) is 0 Å². The summed E-state index contributed by atoms with van der Waals surface area (Å²) in [6, 6.07) is 6.93. The largest absolute Gasteiger partial charge is 0.348 e. The lowest BCUT2D eigenvalue weighted by atomic mass is 10.1. The van der Waals surface area contributed by atoms with Crippen LogP contribution in [0.4, 0.5) is 5.13 Å². The Bertz CT molecular complexity index is 1080. The summed E-state index contributed by atoms with van der Waals surface area (Å²) in [6.07, 6.45) is 2.00. The zero-order chi connectivity index (χ0) is 20.1. The number of aromatic nitrogens is 3. The van der Waals surface area contributed by atoms with Crippen LogP contribution in [0.15, 0.2) is 24.3 Å². The third kappa shape index (κ3) is 3.74. The molecule has 1 aliphatic carbocycles. The van der Waals surface area contributed by atoms with Crippen LogP contribution in [0.5, 0.6) is 0 Å². The summed E-state index contributed by atoms with van der Waals surface area (Å²) in [5, 5.41) is 11.2. The summed E-state index contributed by atoms with van der Waals surface area (Å²) in [7, 11) is 0. The number of anilines is 1. The standard InChI is InChI=1S/C19H20ClN5O2S/c1-19(2,3)25-15-14(13(24-25)17(27)21-12-7-8-12)28-18(22-15)23-16(26)10-5-4-6-11(20)9-10/h4-6,9,12H,7-8H2,1-3H3,(H,21,27)(H,22,23,26). The molecular weight excluding hydrogens is 398 g/mol. The number of halogens is 1. The number of carbonyl (C=O) groups excluding carboxylic acids is 2. The Kier molecular flexibility index (Phi) is 4.63. The molecule has 2 heterocycles. The molecule has 0 aliphatic heterocycles. The lowest BCUT2D eigenvalue weighted by Crippen LogP contribution is -2.28. The first-order valence-corrected chi connectivity index (χ1v) is 10.2. The molecule has 0 saturated heterocycles. The SMILES string of the molecule is CC(C)(C)n1nc(C(=O)NC2CC2)c2sc(NC(=O)c3cccc(Cl)c3)nc21. The molecule has 9 heteroatoms. The van der Waals surface area contributed by atoms with Gasteiger partial charge in [0.1, 0.15) is 4.70 Å². The maximum atomic E-state index is 12.6. The average Bonchev–Trinajstić information content (AvgIpc) is 3.20. The van der Waals surface area contributed by atoms with E-state index in [1.54, 1.807) is 28.9 Å². The molecule has 4 rings (SSSR count). The van der Waals surface area contributed by atoms with Gasteiger partial charge in [0.25, 0.3) is 11.8 Å². The molecule has 1 aromatic carbocycles. The van der Waals surface area contributed by atoms with Gasteiger partial charge in [-0.25, -0.2) is 4.68 Å². The zero-order valence-corrected chi connectivity index (χ0v) is 17.3. The van der Waals surface area contributed by atoms with Gasteiger partial charge < -0.3 is 5.32 Å². The number of amides is 2. The van der Waals surface area contributed by atoms with Gasteiger partial charge >= 0.3 is 0 Å². The van der Waals surface area contributed by atoms with Crippen molar-refractivity contribution in [1.82, 2.24) is 20.1 Å². The van der Waals surface area contributed by atoms with Crippen molar-refractivity contribution < 1.29 is 9.59 Å². The number of hydrogen-bond acceptors (Lipinski definition) is 5. The fourth-order valence-electron chi connectivity index (χ4n) is 2.75. The quantitative estimate of drug-likeness (QED) is 0.670. The van der Waals surface area contributed by atoms with Crippen molar-refractivity contribution in [3.05, 3.63) is 40.5 Å². The maximum absolute atomic E-state index is 12.6. The monoisotopic (exact) mass is 417 g/mol. The van der Waals surface area contributed by atoms with Crippen molar-refractivity contribution in [1.29, 1.82) is 0 Å². The number of fused-ring (bicyclic) bond motifs is 1. The number of nitrogens with zero attached hydrogens (tertiary/aromatic N) is 3. The van der Waals surface area contributed by atoms with Gasteiger partial charge in [-0.3, -0.25) is 14.9 Å². The molecule has 0 radical (unpaired) electrons. The second kappa shape index (κ2) is 6.86. The molecule has 28 heavy (non-hydrogen) atoms. The van der Waals surface area contributed by atoms with Crippen LogP contribution >= 0.6 is 22.9 Å². The Morgan fingerprint density at radius 2 is 2.00 bits per heavy atom. The molecule has 0 bridgehead atoms. The molecule has 2 amide bonds. The molecule has 146 valence electrons. The van der Waals surface area contributed by atoms with E-state index in [2.05, 4.69) is 20.7 Å². The molecule has 0 unspecified atom stereocenters. The van der Waals surface area contributed by atoms with Crippen LogP contribution in [0.2, 0.25) is 5.02 Å². The highest BCUT2D eigenvalue weighted by molar-refractivity contribution is 7.22. The smallest absolute Gasteiger partial charge is 0.273 e. The van der Waals surface area contributed by atoms with Crippen molar-refractivity contribution in [3.63, 3.8) is 0 Å². The molecule has 3 aromatic rings. The van der Waals surface area contributed by atoms with Gasteiger partial charge in [-0.15, -0.1) is 0 Å². The maximum Gasteiger partial charge on any atom is 0.273 e. The molecule has 7 nitrogen and oxygen atoms in total. The van der Waals surface area contributed by atoms with E-state index in [4.69, 9.17) is 11.6 Å². The third-order valence-corrected chi connectivity index (χ3v) is 5.50.